The highest BCUT2D eigenvalue weighted by Gasteiger charge is 2.31. The van der Waals surface area contributed by atoms with Crippen molar-refractivity contribution in [2.45, 2.75) is 18.6 Å². The van der Waals surface area contributed by atoms with Crippen LogP contribution in [0.1, 0.15) is 23.0 Å². The molecular formula is C10H13N3O3S. The van der Waals surface area contributed by atoms with Crippen LogP contribution in [0.5, 0.6) is 0 Å². The fourth-order valence-electron chi connectivity index (χ4n) is 1.49. The number of aryl methyl sites for hydroxylation is 2. The van der Waals surface area contributed by atoms with Gasteiger partial charge in [-0.3, -0.25) is 9.48 Å². The molecule has 92 valence electrons. The lowest BCUT2D eigenvalue weighted by Gasteiger charge is -2.04. The molecular weight excluding hydrogens is 242 g/mol. The highest BCUT2D eigenvalue weighted by atomic mass is 32.2. The third-order valence-corrected chi connectivity index (χ3v) is 3.46. The van der Waals surface area contributed by atoms with Crippen molar-refractivity contribution in [2.75, 3.05) is 6.26 Å². The van der Waals surface area contributed by atoms with E-state index in [9.17, 15) is 13.2 Å². The van der Waals surface area contributed by atoms with Crippen molar-refractivity contribution >= 4 is 15.6 Å². The van der Waals surface area contributed by atoms with Gasteiger partial charge in [-0.25, -0.2) is 8.42 Å². The number of carbonyl (C=O) groups is 1. The van der Waals surface area contributed by atoms with Crippen LogP contribution in [0.3, 0.4) is 0 Å². The molecule has 1 unspecified atom stereocenters. The minimum Gasteiger partial charge on any atom is -0.291 e. The van der Waals surface area contributed by atoms with Gasteiger partial charge in [0.15, 0.2) is 15.6 Å². The first-order valence-electron chi connectivity index (χ1n) is 4.96. The SMILES string of the molecule is CCc1nn(C)cc1C(=O)C(C#N)S(C)(=O)=O. The lowest BCUT2D eigenvalue weighted by molar-refractivity contribution is 0.1000. The van der Waals surface area contributed by atoms with E-state index in [1.807, 2.05) is 0 Å². The number of nitriles is 1. The van der Waals surface area contributed by atoms with Gasteiger partial charge in [0.05, 0.1) is 17.3 Å². The molecule has 0 radical (unpaired) electrons. The van der Waals surface area contributed by atoms with Crippen LogP contribution >= 0.6 is 0 Å². The van der Waals surface area contributed by atoms with Crippen LogP contribution in [0, 0.1) is 11.3 Å². The van der Waals surface area contributed by atoms with Crippen LogP contribution in [0.25, 0.3) is 0 Å². The molecule has 1 heterocycles. The molecule has 0 aliphatic heterocycles. The van der Waals surface area contributed by atoms with Crippen LogP contribution in [0.15, 0.2) is 6.20 Å². The van der Waals surface area contributed by atoms with Crippen LogP contribution < -0.4 is 0 Å². The topological polar surface area (TPSA) is 92.8 Å². The maximum atomic E-state index is 12.0. The van der Waals surface area contributed by atoms with Crippen LogP contribution in [0.4, 0.5) is 0 Å². The van der Waals surface area contributed by atoms with Gasteiger partial charge in [0.25, 0.3) is 0 Å². The molecule has 1 rings (SSSR count). The first kappa shape index (κ1) is 13.4. The predicted molar refractivity (Wildman–Crippen MR) is 61.2 cm³/mol. The summed E-state index contributed by atoms with van der Waals surface area (Å²) < 4.78 is 24.1. The highest BCUT2D eigenvalue weighted by Crippen LogP contribution is 2.13. The number of aromatic nitrogens is 2. The zero-order valence-corrected chi connectivity index (χ0v) is 10.7. The average Bonchev–Trinajstić information content (AvgIpc) is 2.58. The van der Waals surface area contributed by atoms with E-state index in [4.69, 9.17) is 5.26 Å². The van der Waals surface area contributed by atoms with Crippen molar-refractivity contribution in [2.24, 2.45) is 7.05 Å². The summed E-state index contributed by atoms with van der Waals surface area (Å²) in [6, 6.07) is 1.53. The maximum Gasteiger partial charge on any atom is 0.210 e. The third-order valence-electron chi connectivity index (χ3n) is 2.29. The second-order valence-electron chi connectivity index (χ2n) is 3.72. The van der Waals surface area contributed by atoms with Gasteiger partial charge in [-0.1, -0.05) is 6.92 Å². The molecule has 17 heavy (non-hydrogen) atoms. The van der Waals surface area contributed by atoms with Gasteiger partial charge >= 0.3 is 0 Å². The molecule has 6 nitrogen and oxygen atoms in total. The Morgan fingerprint density at radius 3 is 2.65 bits per heavy atom. The van der Waals surface area contributed by atoms with E-state index in [1.54, 1.807) is 14.0 Å². The smallest absolute Gasteiger partial charge is 0.210 e. The summed E-state index contributed by atoms with van der Waals surface area (Å²) in [6.45, 7) is 1.81. The molecule has 0 saturated carbocycles. The van der Waals surface area contributed by atoms with E-state index in [0.717, 1.165) is 6.26 Å². The van der Waals surface area contributed by atoms with Crippen molar-refractivity contribution in [3.63, 3.8) is 0 Å². The second-order valence-corrected chi connectivity index (χ2v) is 5.85. The van der Waals surface area contributed by atoms with E-state index in [0.29, 0.717) is 12.1 Å². The van der Waals surface area contributed by atoms with Gasteiger partial charge < -0.3 is 0 Å². The number of sulfone groups is 1. The molecule has 0 bridgehead atoms. The summed E-state index contributed by atoms with van der Waals surface area (Å²) in [5.74, 6) is -0.708. The molecule has 0 aliphatic carbocycles. The zero-order chi connectivity index (χ0) is 13.2. The molecule has 1 atom stereocenters. The van der Waals surface area contributed by atoms with Crippen LogP contribution in [-0.4, -0.2) is 35.5 Å². The largest absolute Gasteiger partial charge is 0.291 e. The number of hydrogen-bond donors (Lipinski definition) is 0. The molecule has 0 N–H and O–H groups in total. The molecule has 0 spiro atoms. The Kier molecular flexibility index (Phi) is 3.68. The number of rotatable bonds is 4. The van der Waals surface area contributed by atoms with Crippen molar-refractivity contribution in [3.8, 4) is 6.07 Å². The minimum absolute atomic E-state index is 0.201. The molecule has 0 amide bonds. The number of Topliss-reactive ketones (excluding diaryl/α,β-unsaturated/α-hetero) is 1. The van der Waals surface area contributed by atoms with E-state index in [1.165, 1.54) is 16.9 Å². The lowest BCUT2D eigenvalue weighted by atomic mass is 10.1. The molecule has 1 aromatic rings. The average molecular weight is 255 g/mol. The van der Waals surface area contributed by atoms with Gasteiger partial charge in [-0.15, -0.1) is 0 Å². The lowest BCUT2D eigenvalue weighted by Crippen LogP contribution is -2.28. The highest BCUT2D eigenvalue weighted by molar-refractivity contribution is 7.92. The fourth-order valence-corrected chi connectivity index (χ4v) is 2.20. The molecule has 0 saturated heterocycles. The number of nitrogens with zero attached hydrogens (tertiary/aromatic N) is 3. The molecule has 1 aromatic heterocycles. The minimum atomic E-state index is -3.73. The monoisotopic (exact) mass is 255 g/mol. The zero-order valence-electron chi connectivity index (χ0n) is 9.84. The van der Waals surface area contributed by atoms with Crippen molar-refractivity contribution in [3.05, 3.63) is 17.5 Å². The predicted octanol–water partition coefficient (Wildman–Crippen LogP) is 0.102. The Morgan fingerprint density at radius 1 is 1.65 bits per heavy atom. The number of hydrogen-bond acceptors (Lipinski definition) is 5. The molecule has 7 heteroatoms. The Labute approximate surface area is 99.8 Å². The normalized spacial score (nSPS) is 13.1. The Hall–Kier alpha value is -1.68. The first-order chi connectivity index (χ1) is 7.81. The summed E-state index contributed by atoms with van der Waals surface area (Å²) >= 11 is 0. The standard InChI is InChI=1S/C10H13N3O3S/c1-4-8-7(6-13(2)12-8)10(14)9(5-11)17(3,15)16/h6,9H,4H2,1-3H3. The first-order valence-corrected chi connectivity index (χ1v) is 6.92. The second kappa shape index (κ2) is 4.67. The van der Waals surface area contributed by atoms with Crippen LogP contribution in [0.2, 0.25) is 0 Å². The Morgan fingerprint density at radius 2 is 2.24 bits per heavy atom. The van der Waals surface area contributed by atoms with E-state index in [2.05, 4.69) is 5.10 Å². The quantitative estimate of drug-likeness (QED) is 0.711. The Balaban J connectivity index is 3.25. The summed E-state index contributed by atoms with van der Waals surface area (Å²) in [5.41, 5.74) is 0.702. The number of ketones is 1. The maximum absolute atomic E-state index is 12.0. The van der Waals surface area contributed by atoms with Gasteiger partial charge in [0, 0.05) is 19.5 Å². The van der Waals surface area contributed by atoms with Crippen molar-refractivity contribution in [1.29, 1.82) is 5.26 Å². The van der Waals surface area contributed by atoms with Crippen molar-refractivity contribution < 1.29 is 13.2 Å². The van der Waals surface area contributed by atoms with Gasteiger partial charge in [0.1, 0.15) is 0 Å². The summed E-state index contributed by atoms with van der Waals surface area (Å²) in [5, 5.41) is 11.2. The van der Waals surface area contributed by atoms with Crippen LogP contribution in [-0.2, 0) is 23.3 Å². The summed E-state index contributed by atoms with van der Waals surface area (Å²) in [6.07, 6.45) is 2.82. The van der Waals surface area contributed by atoms with E-state index in [-0.39, 0.29) is 5.56 Å². The molecule has 0 aliphatic rings. The summed E-state index contributed by atoms with van der Waals surface area (Å²) in [4.78, 5) is 12.0. The number of carbonyl (C=O) groups excluding carboxylic acids is 1. The van der Waals surface area contributed by atoms with Gasteiger partial charge in [-0.2, -0.15) is 10.4 Å². The third kappa shape index (κ3) is 2.71. The van der Waals surface area contributed by atoms with E-state index < -0.39 is 20.9 Å². The fraction of sp³-hybridized carbons (Fsp3) is 0.500. The molecule has 0 fully saturated rings. The van der Waals surface area contributed by atoms with Gasteiger partial charge in [0.2, 0.25) is 5.25 Å². The Bertz CT molecular complexity index is 580. The summed E-state index contributed by atoms with van der Waals surface area (Å²) in [7, 11) is -2.09. The molecule has 0 aromatic carbocycles. The van der Waals surface area contributed by atoms with Gasteiger partial charge in [-0.05, 0) is 6.42 Å². The van der Waals surface area contributed by atoms with Crippen molar-refractivity contribution in [1.82, 2.24) is 9.78 Å². The van der Waals surface area contributed by atoms with E-state index >= 15 is 0 Å².